The molecular formula is C9H14N4O2. The summed E-state index contributed by atoms with van der Waals surface area (Å²) in [6.45, 7) is 3.86. The Morgan fingerprint density at radius 1 is 1.67 bits per heavy atom. The topological polar surface area (TPSA) is 97.8 Å². The molecule has 1 aliphatic rings. The van der Waals surface area contributed by atoms with Crippen LogP contribution in [-0.2, 0) is 5.41 Å². The lowest BCUT2D eigenvalue weighted by atomic mass is 9.82. The highest BCUT2D eigenvalue weighted by molar-refractivity contribution is 5.35. The number of hydrogen-bond acceptors (Lipinski definition) is 4. The molecule has 82 valence electrons. The van der Waals surface area contributed by atoms with E-state index < -0.39 is 10.5 Å². The van der Waals surface area contributed by atoms with E-state index in [0.717, 1.165) is 12.8 Å². The summed E-state index contributed by atoms with van der Waals surface area (Å²) >= 11 is 0. The van der Waals surface area contributed by atoms with E-state index in [1.54, 1.807) is 0 Å². The van der Waals surface area contributed by atoms with Crippen molar-refractivity contribution >= 4 is 5.82 Å². The molecule has 0 aliphatic heterocycles. The van der Waals surface area contributed by atoms with Gasteiger partial charge in [-0.3, -0.25) is 0 Å². The van der Waals surface area contributed by atoms with Crippen LogP contribution < -0.4 is 5.73 Å². The molecule has 3 N–H and O–H groups in total. The number of H-pyrrole nitrogens is 1. The Morgan fingerprint density at radius 3 is 2.60 bits per heavy atom. The standard InChI is InChI=1S/C9H14N4O2/c1-8(2,10)9(3-4-9)6-5-7(12-11-6)13(14)15/h5H,3-4,10H2,1-2H3,(H,11,12). The third kappa shape index (κ3) is 1.41. The Hall–Kier alpha value is -1.43. The van der Waals surface area contributed by atoms with Crippen molar-refractivity contribution in [2.24, 2.45) is 5.73 Å². The summed E-state index contributed by atoms with van der Waals surface area (Å²) in [4.78, 5) is 10.0. The zero-order chi connectivity index (χ0) is 11.3. The van der Waals surface area contributed by atoms with Crippen molar-refractivity contribution in [3.05, 3.63) is 21.9 Å². The minimum atomic E-state index is -0.476. The molecule has 0 amide bonds. The third-order valence-electron chi connectivity index (χ3n) is 3.23. The number of aromatic amines is 1. The molecule has 0 aromatic carbocycles. The van der Waals surface area contributed by atoms with Crippen LogP contribution in [0.4, 0.5) is 5.82 Å². The minimum Gasteiger partial charge on any atom is -0.358 e. The molecule has 0 spiro atoms. The highest BCUT2D eigenvalue weighted by Crippen LogP contribution is 2.54. The molecule has 1 fully saturated rings. The van der Waals surface area contributed by atoms with Gasteiger partial charge in [-0.1, -0.05) is 5.10 Å². The van der Waals surface area contributed by atoms with Crippen molar-refractivity contribution in [1.29, 1.82) is 0 Å². The first-order valence-corrected chi connectivity index (χ1v) is 4.86. The molecule has 1 saturated carbocycles. The number of aromatic nitrogens is 2. The van der Waals surface area contributed by atoms with Crippen molar-refractivity contribution < 1.29 is 4.92 Å². The van der Waals surface area contributed by atoms with E-state index >= 15 is 0 Å². The van der Waals surface area contributed by atoms with Gasteiger partial charge in [-0.15, -0.1) is 5.10 Å². The van der Waals surface area contributed by atoms with Gasteiger partial charge in [0.15, 0.2) is 0 Å². The lowest BCUT2D eigenvalue weighted by Crippen LogP contribution is -2.45. The number of nitrogens with zero attached hydrogens (tertiary/aromatic N) is 2. The van der Waals surface area contributed by atoms with Gasteiger partial charge in [0.05, 0.1) is 11.8 Å². The minimum absolute atomic E-state index is 0.0690. The summed E-state index contributed by atoms with van der Waals surface area (Å²) in [5, 5.41) is 16.9. The van der Waals surface area contributed by atoms with Gasteiger partial charge >= 0.3 is 5.82 Å². The van der Waals surface area contributed by atoms with E-state index in [1.165, 1.54) is 6.07 Å². The maximum absolute atomic E-state index is 10.5. The number of nitrogens with two attached hydrogens (primary N) is 1. The van der Waals surface area contributed by atoms with Gasteiger partial charge in [-0.2, -0.15) is 0 Å². The average molecular weight is 210 g/mol. The molecule has 15 heavy (non-hydrogen) atoms. The predicted molar refractivity (Wildman–Crippen MR) is 54.4 cm³/mol. The van der Waals surface area contributed by atoms with Crippen molar-refractivity contribution in [2.45, 2.75) is 37.6 Å². The molecule has 2 rings (SSSR count). The Kier molecular flexibility index (Phi) is 1.88. The van der Waals surface area contributed by atoms with E-state index in [-0.39, 0.29) is 11.2 Å². The fourth-order valence-corrected chi connectivity index (χ4v) is 2.01. The van der Waals surface area contributed by atoms with Crippen molar-refractivity contribution in [2.75, 3.05) is 0 Å². The monoisotopic (exact) mass is 210 g/mol. The molecule has 6 heteroatoms. The Bertz CT molecular complexity index is 400. The fraction of sp³-hybridized carbons (Fsp3) is 0.667. The smallest absolute Gasteiger partial charge is 0.342 e. The van der Waals surface area contributed by atoms with Gasteiger partial charge in [-0.25, -0.2) is 0 Å². The van der Waals surface area contributed by atoms with Gasteiger partial charge in [0.1, 0.15) is 0 Å². The maximum Gasteiger partial charge on any atom is 0.342 e. The van der Waals surface area contributed by atoms with Crippen LogP contribution in [0.2, 0.25) is 0 Å². The zero-order valence-electron chi connectivity index (χ0n) is 8.78. The summed E-state index contributed by atoms with van der Waals surface area (Å²) in [6, 6.07) is 1.49. The second-order valence-corrected chi connectivity index (χ2v) is 4.70. The Balaban J connectivity index is 2.35. The molecule has 0 atom stereocenters. The van der Waals surface area contributed by atoms with E-state index in [4.69, 9.17) is 5.73 Å². The molecule has 1 aliphatic carbocycles. The summed E-state index contributed by atoms with van der Waals surface area (Å²) in [6.07, 6.45) is 1.89. The number of hydrogen-bond donors (Lipinski definition) is 2. The summed E-state index contributed by atoms with van der Waals surface area (Å²) in [5.74, 6) is -0.0690. The van der Waals surface area contributed by atoms with Crippen LogP contribution in [0.5, 0.6) is 0 Å². The van der Waals surface area contributed by atoms with Crippen molar-refractivity contribution in [1.82, 2.24) is 10.2 Å². The summed E-state index contributed by atoms with van der Waals surface area (Å²) in [7, 11) is 0. The number of nitro groups is 1. The van der Waals surface area contributed by atoms with Gasteiger partial charge in [0, 0.05) is 11.0 Å². The molecule has 6 nitrogen and oxygen atoms in total. The average Bonchev–Trinajstić information content (AvgIpc) is 2.77. The molecule has 0 unspecified atom stereocenters. The second kappa shape index (κ2) is 2.79. The summed E-state index contributed by atoms with van der Waals surface area (Å²) in [5.41, 5.74) is 6.20. The van der Waals surface area contributed by atoms with Gasteiger partial charge < -0.3 is 15.8 Å². The third-order valence-corrected chi connectivity index (χ3v) is 3.23. The quantitative estimate of drug-likeness (QED) is 0.576. The van der Waals surface area contributed by atoms with E-state index in [0.29, 0.717) is 5.69 Å². The van der Waals surface area contributed by atoms with Crippen LogP contribution >= 0.6 is 0 Å². The van der Waals surface area contributed by atoms with Crippen LogP contribution in [0.15, 0.2) is 6.07 Å². The summed E-state index contributed by atoms with van der Waals surface area (Å²) < 4.78 is 0. The van der Waals surface area contributed by atoms with Crippen LogP contribution in [0.1, 0.15) is 32.4 Å². The zero-order valence-corrected chi connectivity index (χ0v) is 8.78. The van der Waals surface area contributed by atoms with Crippen molar-refractivity contribution in [3.8, 4) is 0 Å². The lowest BCUT2D eigenvalue weighted by molar-refractivity contribution is -0.389. The van der Waals surface area contributed by atoms with Crippen LogP contribution in [0.25, 0.3) is 0 Å². The first-order chi connectivity index (χ1) is 6.87. The molecule has 0 radical (unpaired) electrons. The molecule has 0 saturated heterocycles. The lowest BCUT2D eigenvalue weighted by Gasteiger charge is -2.28. The van der Waals surface area contributed by atoms with Crippen LogP contribution in [0, 0.1) is 10.1 Å². The highest BCUT2D eigenvalue weighted by Gasteiger charge is 2.56. The first kappa shape index (κ1) is 10.1. The van der Waals surface area contributed by atoms with Crippen LogP contribution in [0.3, 0.4) is 0 Å². The molecule has 0 bridgehead atoms. The van der Waals surface area contributed by atoms with Crippen molar-refractivity contribution in [3.63, 3.8) is 0 Å². The second-order valence-electron chi connectivity index (χ2n) is 4.70. The SMILES string of the molecule is CC(C)(N)C1(c2cc([N+](=O)[O-])[nH]n2)CC1. The Morgan fingerprint density at radius 2 is 2.27 bits per heavy atom. The molecule has 1 aromatic heterocycles. The molecule has 1 aromatic rings. The van der Waals surface area contributed by atoms with Gasteiger partial charge in [0.25, 0.3) is 0 Å². The normalized spacial score (nSPS) is 18.9. The predicted octanol–water partition coefficient (Wildman–Crippen LogP) is 1.09. The number of nitrogens with one attached hydrogen (secondary N) is 1. The molecular weight excluding hydrogens is 196 g/mol. The number of rotatable bonds is 3. The highest BCUT2D eigenvalue weighted by atomic mass is 16.6. The molecule has 1 heterocycles. The van der Waals surface area contributed by atoms with Gasteiger partial charge in [-0.05, 0) is 31.6 Å². The van der Waals surface area contributed by atoms with E-state index in [1.807, 2.05) is 13.8 Å². The largest absolute Gasteiger partial charge is 0.358 e. The van der Waals surface area contributed by atoms with Gasteiger partial charge in [0.2, 0.25) is 0 Å². The maximum atomic E-state index is 10.5. The fourth-order valence-electron chi connectivity index (χ4n) is 2.01. The first-order valence-electron chi connectivity index (χ1n) is 4.86. The van der Waals surface area contributed by atoms with E-state index in [2.05, 4.69) is 10.2 Å². The van der Waals surface area contributed by atoms with Crippen LogP contribution in [-0.4, -0.2) is 20.7 Å². The Labute approximate surface area is 87.0 Å². The van der Waals surface area contributed by atoms with E-state index in [9.17, 15) is 10.1 Å².